The number of hydrogen-bond acceptors (Lipinski definition) is 4. The van der Waals surface area contributed by atoms with Crippen LogP contribution in [-0.4, -0.2) is 23.4 Å². The summed E-state index contributed by atoms with van der Waals surface area (Å²) in [6.45, 7) is 4.21. The van der Waals surface area contributed by atoms with E-state index in [1.54, 1.807) is 30.6 Å². The summed E-state index contributed by atoms with van der Waals surface area (Å²) in [5.74, 6) is 0.286. The predicted octanol–water partition coefficient (Wildman–Crippen LogP) is 3.65. The van der Waals surface area contributed by atoms with E-state index in [0.717, 1.165) is 16.7 Å². The summed E-state index contributed by atoms with van der Waals surface area (Å²) in [4.78, 5) is 28.3. The summed E-state index contributed by atoms with van der Waals surface area (Å²) >= 11 is 0. The van der Waals surface area contributed by atoms with Gasteiger partial charge in [0.25, 0.3) is 11.8 Å². The van der Waals surface area contributed by atoms with Crippen LogP contribution >= 0.6 is 0 Å². The Hall–Kier alpha value is -3.67. The van der Waals surface area contributed by atoms with Crippen molar-refractivity contribution in [2.24, 2.45) is 0 Å². The van der Waals surface area contributed by atoms with E-state index >= 15 is 0 Å². The fraction of sp³-hybridized carbons (Fsp3) is 0.174. The summed E-state index contributed by atoms with van der Waals surface area (Å²) in [6.07, 6.45) is 3.14. The minimum Gasteiger partial charge on any atom is -0.483 e. The highest BCUT2D eigenvalue weighted by molar-refractivity contribution is 6.04. The van der Waals surface area contributed by atoms with Crippen molar-refractivity contribution in [2.45, 2.75) is 20.4 Å². The van der Waals surface area contributed by atoms with Gasteiger partial charge >= 0.3 is 0 Å². The monoisotopic (exact) mass is 389 g/mol. The Balaban J connectivity index is 1.51. The Bertz CT molecular complexity index is 1000. The number of hydrogen-bond donors (Lipinski definition) is 2. The number of aromatic nitrogens is 1. The SMILES string of the molecule is Cc1ccc(C)c(OCC(=O)NCc2cccc(NC(=O)c3ccncc3)c2)c1. The van der Waals surface area contributed by atoms with Crippen LogP contribution in [0.5, 0.6) is 5.75 Å². The molecular weight excluding hydrogens is 366 g/mol. The minimum atomic E-state index is -0.212. The van der Waals surface area contributed by atoms with Crippen LogP contribution in [0.1, 0.15) is 27.0 Å². The molecule has 0 bridgehead atoms. The highest BCUT2D eigenvalue weighted by atomic mass is 16.5. The molecule has 0 radical (unpaired) electrons. The first-order chi connectivity index (χ1) is 14.0. The Kier molecular flexibility index (Phi) is 6.58. The topological polar surface area (TPSA) is 80.3 Å². The van der Waals surface area contributed by atoms with Gasteiger partial charge < -0.3 is 15.4 Å². The van der Waals surface area contributed by atoms with Gasteiger partial charge in [0.2, 0.25) is 0 Å². The summed E-state index contributed by atoms with van der Waals surface area (Å²) in [7, 11) is 0. The molecule has 0 spiro atoms. The molecule has 0 aliphatic carbocycles. The van der Waals surface area contributed by atoms with E-state index in [0.29, 0.717) is 23.5 Å². The zero-order chi connectivity index (χ0) is 20.6. The molecule has 148 valence electrons. The summed E-state index contributed by atoms with van der Waals surface area (Å²) in [5, 5.41) is 5.67. The van der Waals surface area contributed by atoms with Crippen molar-refractivity contribution in [1.82, 2.24) is 10.3 Å². The second-order valence-electron chi connectivity index (χ2n) is 6.72. The van der Waals surface area contributed by atoms with Gasteiger partial charge in [-0.3, -0.25) is 14.6 Å². The maximum absolute atomic E-state index is 12.2. The molecule has 0 aliphatic heterocycles. The standard InChI is InChI=1S/C23H23N3O3/c1-16-6-7-17(2)21(12-16)29-15-22(27)25-14-18-4-3-5-20(13-18)26-23(28)19-8-10-24-11-9-19/h3-13H,14-15H2,1-2H3,(H,25,27)(H,26,28). The molecule has 0 atom stereocenters. The summed E-state index contributed by atoms with van der Waals surface area (Å²) < 4.78 is 5.62. The van der Waals surface area contributed by atoms with Crippen molar-refractivity contribution >= 4 is 17.5 Å². The fourth-order valence-electron chi connectivity index (χ4n) is 2.72. The lowest BCUT2D eigenvalue weighted by atomic mass is 10.1. The highest BCUT2D eigenvalue weighted by Crippen LogP contribution is 2.19. The average molecular weight is 389 g/mol. The summed E-state index contributed by atoms with van der Waals surface area (Å²) in [5.41, 5.74) is 4.13. The number of carbonyl (C=O) groups is 2. The van der Waals surface area contributed by atoms with Crippen molar-refractivity contribution < 1.29 is 14.3 Å². The van der Waals surface area contributed by atoms with Crippen LogP contribution in [0.15, 0.2) is 67.0 Å². The van der Waals surface area contributed by atoms with Crippen molar-refractivity contribution in [3.05, 3.63) is 89.2 Å². The molecule has 29 heavy (non-hydrogen) atoms. The molecule has 1 aromatic heterocycles. The third-order valence-electron chi connectivity index (χ3n) is 4.32. The Labute approximate surface area is 169 Å². The fourth-order valence-corrected chi connectivity index (χ4v) is 2.72. The number of aryl methyl sites for hydroxylation is 2. The van der Waals surface area contributed by atoms with Gasteiger partial charge in [0.05, 0.1) is 0 Å². The zero-order valence-electron chi connectivity index (χ0n) is 16.4. The van der Waals surface area contributed by atoms with E-state index in [2.05, 4.69) is 15.6 Å². The Morgan fingerprint density at radius 2 is 1.79 bits per heavy atom. The molecule has 6 nitrogen and oxygen atoms in total. The average Bonchev–Trinajstić information content (AvgIpc) is 2.74. The van der Waals surface area contributed by atoms with Gasteiger partial charge in [-0.1, -0.05) is 24.3 Å². The minimum absolute atomic E-state index is 0.0528. The first-order valence-corrected chi connectivity index (χ1v) is 9.28. The number of nitrogens with zero attached hydrogens (tertiary/aromatic N) is 1. The van der Waals surface area contributed by atoms with Gasteiger partial charge in [0, 0.05) is 30.2 Å². The maximum Gasteiger partial charge on any atom is 0.258 e. The number of rotatable bonds is 7. The van der Waals surface area contributed by atoms with Crippen LogP contribution in [0.25, 0.3) is 0 Å². The van der Waals surface area contributed by atoms with Gasteiger partial charge in [-0.25, -0.2) is 0 Å². The molecule has 2 amide bonds. The highest BCUT2D eigenvalue weighted by Gasteiger charge is 2.08. The Morgan fingerprint density at radius 3 is 2.59 bits per heavy atom. The molecule has 1 heterocycles. The van der Waals surface area contributed by atoms with E-state index in [9.17, 15) is 9.59 Å². The lowest BCUT2D eigenvalue weighted by Crippen LogP contribution is -2.28. The number of ether oxygens (including phenoxy) is 1. The van der Waals surface area contributed by atoms with E-state index in [4.69, 9.17) is 4.74 Å². The van der Waals surface area contributed by atoms with Crippen LogP contribution in [-0.2, 0) is 11.3 Å². The second kappa shape index (κ2) is 9.50. The van der Waals surface area contributed by atoms with E-state index < -0.39 is 0 Å². The quantitative estimate of drug-likeness (QED) is 0.646. The summed E-state index contributed by atoms with van der Waals surface area (Å²) in [6, 6.07) is 16.5. The predicted molar refractivity (Wildman–Crippen MR) is 112 cm³/mol. The number of nitrogens with one attached hydrogen (secondary N) is 2. The van der Waals surface area contributed by atoms with Gasteiger partial charge in [-0.15, -0.1) is 0 Å². The number of carbonyl (C=O) groups excluding carboxylic acids is 2. The zero-order valence-corrected chi connectivity index (χ0v) is 16.4. The molecule has 2 aromatic carbocycles. The van der Waals surface area contributed by atoms with Gasteiger partial charge in [0.15, 0.2) is 6.61 Å². The van der Waals surface area contributed by atoms with Crippen molar-refractivity contribution in [3.63, 3.8) is 0 Å². The van der Waals surface area contributed by atoms with Gasteiger partial charge in [0.1, 0.15) is 5.75 Å². The van der Waals surface area contributed by atoms with E-state index in [-0.39, 0.29) is 18.4 Å². The normalized spacial score (nSPS) is 10.3. The van der Waals surface area contributed by atoms with Crippen LogP contribution < -0.4 is 15.4 Å². The van der Waals surface area contributed by atoms with E-state index in [1.165, 1.54) is 0 Å². The molecular formula is C23H23N3O3. The molecule has 3 rings (SSSR count). The molecule has 0 unspecified atom stereocenters. The van der Waals surface area contributed by atoms with E-state index in [1.807, 2.05) is 50.2 Å². The molecule has 0 fully saturated rings. The van der Waals surface area contributed by atoms with Crippen LogP contribution in [0, 0.1) is 13.8 Å². The number of amides is 2. The van der Waals surface area contributed by atoms with Crippen LogP contribution in [0.3, 0.4) is 0 Å². The lowest BCUT2D eigenvalue weighted by Gasteiger charge is -2.11. The van der Waals surface area contributed by atoms with Gasteiger partial charge in [-0.2, -0.15) is 0 Å². The van der Waals surface area contributed by atoms with Crippen molar-refractivity contribution in [2.75, 3.05) is 11.9 Å². The smallest absolute Gasteiger partial charge is 0.258 e. The molecule has 3 aromatic rings. The first-order valence-electron chi connectivity index (χ1n) is 9.28. The largest absolute Gasteiger partial charge is 0.483 e. The number of pyridine rings is 1. The second-order valence-corrected chi connectivity index (χ2v) is 6.72. The molecule has 0 saturated heterocycles. The van der Waals surface area contributed by atoms with Crippen molar-refractivity contribution in [3.8, 4) is 5.75 Å². The first kappa shape index (κ1) is 20.1. The van der Waals surface area contributed by atoms with Gasteiger partial charge in [-0.05, 0) is 60.9 Å². The van der Waals surface area contributed by atoms with Crippen LogP contribution in [0.4, 0.5) is 5.69 Å². The lowest BCUT2D eigenvalue weighted by molar-refractivity contribution is -0.123. The third kappa shape index (κ3) is 5.90. The Morgan fingerprint density at radius 1 is 1.00 bits per heavy atom. The number of anilines is 1. The molecule has 0 aliphatic rings. The molecule has 0 saturated carbocycles. The molecule has 2 N–H and O–H groups in total. The maximum atomic E-state index is 12.2. The van der Waals surface area contributed by atoms with Crippen LogP contribution in [0.2, 0.25) is 0 Å². The number of benzene rings is 2. The molecule has 6 heteroatoms. The van der Waals surface area contributed by atoms with Crippen molar-refractivity contribution in [1.29, 1.82) is 0 Å². The third-order valence-corrected chi connectivity index (χ3v) is 4.32.